The van der Waals surface area contributed by atoms with Crippen LogP contribution in [-0.2, 0) is 22.7 Å². The van der Waals surface area contributed by atoms with Crippen molar-refractivity contribution in [2.45, 2.75) is 17.6 Å². The van der Waals surface area contributed by atoms with Crippen LogP contribution in [0.2, 0.25) is 0 Å². The van der Waals surface area contributed by atoms with E-state index in [2.05, 4.69) is 0 Å². The van der Waals surface area contributed by atoms with Crippen molar-refractivity contribution >= 4 is 21.6 Å². The summed E-state index contributed by atoms with van der Waals surface area (Å²) in [6, 6.07) is 11.1. The average molecular weight is 463 g/mol. The van der Waals surface area contributed by atoms with Crippen LogP contribution in [0.15, 0.2) is 65.6 Å². The van der Waals surface area contributed by atoms with Crippen molar-refractivity contribution in [3.63, 3.8) is 0 Å². The highest BCUT2D eigenvalue weighted by atomic mass is 32.2. The number of rotatable bonds is 4. The molecule has 0 spiro atoms. The van der Waals surface area contributed by atoms with Gasteiger partial charge in [0.05, 0.1) is 10.5 Å². The van der Waals surface area contributed by atoms with Crippen LogP contribution in [0.3, 0.4) is 0 Å². The molecule has 0 heterocycles. The topological polar surface area (TPSA) is 80.3 Å². The Balaban J connectivity index is 1.64. The van der Waals surface area contributed by atoms with Gasteiger partial charge in [-0.3, -0.25) is 9.59 Å². The minimum Gasteiger partial charge on any atom is -0.289 e. The molecule has 4 rings (SSSR count). The zero-order chi connectivity index (χ0) is 23.3. The van der Waals surface area contributed by atoms with E-state index in [4.69, 9.17) is 0 Å². The summed E-state index contributed by atoms with van der Waals surface area (Å²) in [7, 11) is -4.34. The molecule has 3 aromatic rings. The fourth-order valence-electron chi connectivity index (χ4n) is 3.39. The number of carbonyl (C=O) groups is 2. The zero-order valence-electron chi connectivity index (χ0n) is 16.0. The molecular weight excluding hydrogens is 450 g/mol. The van der Waals surface area contributed by atoms with Gasteiger partial charge < -0.3 is 0 Å². The predicted molar refractivity (Wildman–Crippen MR) is 105 cm³/mol. The zero-order valence-corrected chi connectivity index (χ0v) is 16.9. The summed E-state index contributed by atoms with van der Waals surface area (Å²) in [5, 5.41) is 0. The molecule has 32 heavy (non-hydrogen) atoms. The molecule has 0 saturated carbocycles. The molecule has 3 aromatic carbocycles. The summed E-state index contributed by atoms with van der Waals surface area (Å²) in [6.45, 7) is -0.745. The Labute approximate surface area is 179 Å². The summed E-state index contributed by atoms with van der Waals surface area (Å²) in [6.07, 6.45) is -4.72. The van der Waals surface area contributed by atoms with Gasteiger partial charge >= 0.3 is 6.18 Å². The van der Waals surface area contributed by atoms with Crippen LogP contribution >= 0.6 is 0 Å². The molecule has 1 N–H and O–H groups in total. The van der Waals surface area contributed by atoms with Crippen molar-refractivity contribution < 1.29 is 35.6 Å². The first-order chi connectivity index (χ1) is 15.0. The molecule has 0 unspecified atom stereocenters. The Bertz CT molecular complexity index is 1380. The van der Waals surface area contributed by atoms with E-state index in [0.717, 1.165) is 12.1 Å². The van der Waals surface area contributed by atoms with Gasteiger partial charge in [0.25, 0.3) is 0 Å². The van der Waals surface area contributed by atoms with E-state index in [9.17, 15) is 35.6 Å². The number of benzene rings is 3. The van der Waals surface area contributed by atoms with Crippen LogP contribution in [-0.4, -0.2) is 20.0 Å². The highest BCUT2D eigenvalue weighted by Crippen LogP contribution is 2.31. The molecule has 0 atom stereocenters. The Morgan fingerprint density at radius 3 is 2.00 bits per heavy atom. The van der Waals surface area contributed by atoms with Gasteiger partial charge in [0, 0.05) is 34.4 Å². The number of hydrogen-bond donors (Lipinski definition) is 1. The van der Waals surface area contributed by atoms with Crippen molar-refractivity contribution in [3.05, 3.63) is 99.9 Å². The van der Waals surface area contributed by atoms with Crippen LogP contribution in [0.25, 0.3) is 0 Å². The second-order valence-corrected chi connectivity index (χ2v) is 8.81. The molecule has 0 aromatic heterocycles. The van der Waals surface area contributed by atoms with Crippen molar-refractivity contribution in [2.24, 2.45) is 0 Å². The van der Waals surface area contributed by atoms with Crippen LogP contribution in [0.4, 0.5) is 17.6 Å². The molecule has 0 saturated heterocycles. The van der Waals surface area contributed by atoms with Gasteiger partial charge in [0.1, 0.15) is 5.82 Å². The minimum atomic E-state index is -4.72. The normalized spacial score (nSPS) is 13.6. The smallest absolute Gasteiger partial charge is 0.289 e. The Kier molecular flexibility index (Phi) is 5.22. The van der Waals surface area contributed by atoms with Crippen LogP contribution in [0.1, 0.15) is 43.0 Å². The monoisotopic (exact) mass is 463 g/mol. The lowest BCUT2D eigenvalue weighted by Gasteiger charge is -2.18. The third-order valence-electron chi connectivity index (χ3n) is 5.03. The van der Waals surface area contributed by atoms with E-state index < -0.39 is 51.3 Å². The highest BCUT2D eigenvalue weighted by molar-refractivity contribution is 7.89. The first-order valence-corrected chi connectivity index (χ1v) is 10.6. The Hall–Kier alpha value is -3.37. The fourth-order valence-corrected chi connectivity index (χ4v) is 4.42. The number of hydrogen-bond acceptors (Lipinski definition) is 4. The fraction of sp³-hybridized carbons (Fsp3) is 0.0909. The second kappa shape index (κ2) is 7.64. The van der Waals surface area contributed by atoms with E-state index >= 15 is 0 Å². The number of sulfonamides is 1. The molecule has 0 bridgehead atoms. The van der Waals surface area contributed by atoms with Crippen LogP contribution in [0, 0.1) is 5.82 Å². The second-order valence-electron chi connectivity index (χ2n) is 7.04. The third kappa shape index (κ3) is 3.82. The van der Waals surface area contributed by atoms with Crippen LogP contribution in [0.5, 0.6) is 0 Å². The van der Waals surface area contributed by atoms with E-state index in [1.54, 1.807) is 12.1 Å². The SMILES string of the molecule is O=C1c2ccccc2C(=O)c2cc(S(=O)(=O)NCc3cc(C(F)(F)F)ccc3F)ccc21. The molecular formula is C22H13F4NO4S. The molecule has 0 amide bonds. The quantitative estimate of drug-likeness (QED) is 0.462. The number of ketones is 2. The van der Waals surface area contributed by atoms with Crippen molar-refractivity contribution in [2.75, 3.05) is 0 Å². The van der Waals surface area contributed by atoms with E-state index in [1.807, 2.05) is 4.72 Å². The molecule has 0 radical (unpaired) electrons. The molecule has 1 aliphatic carbocycles. The van der Waals surface area contributed by atoms with Gasteiger partial charge in [0.15, 0.2) is 11.6 Å². The number of halogens is 4. The molecule has 1 aliphatic rings. The third-order valence-corrected chi connectivity index (χ3v) is 6.43. The van der Waals surface area contributed by atoms with Gasteiger partial charge in [-0.15, -0.1) is 0 Å². The largest absolute Gasteiger partial charge is 0.416 e. The van der Waals surface area contributed by atoms with Gasteiger partial charge in [0.2, 0.25) is 10.0 Å². The lowest BCUT2D eigenvalue weighted by molar-refractivity contribution is -0.137. The molecule has 5 nitrogen and oxygen atoms in total. The standard InChI is InChI=1S/C22H13F4NO4S/c23-19-8-5-13(22(24,25)26)9-12(19)11-27-32(30,31)14-6-7-17-18(10-14)21(29)16-4-2-1-3-15(16)20(17)28/h1-10,27H,11H2. The molecule has 10 heteroatoms. The van der Waals surface area contributed by atoms with Crippen molar-refractivity contribution in [1.29, 1.82) is 0 Å². The average Bonchev–Trinajstić information content (AvgIpc) is 2.75. The van der Waals surface area contributed by atoms with Gasteiger partial charge in [-0.2, -0.15) is 13.2 Å². The summed E-state index contributed by atoms with van der Waals surface area (Å²) >= 11 is 0. The maximum absolute atomic E-state index is 13.9. The Morgan fingerprint density at radius 2 is 1.38 bits per heavy atom. The Morgan fingerprint density at radius 1 is 0.781 bits per heavy atom. The number of carbonyl (C=O) groups excluding carboxylic acids is 2. The summed E-state index contributed by atoms with van der Waals surface area (Å²) in [5.41, 5.74) is -1.35. The van der Waals surface area contributed by atoms with E-state index in [-0.39, 0.29) is 27.1 Å². The summed E-state index contributed by atoms with van der Waals surface area (Å²) in [5.74, 6) is -1.97. The maximum atomic E-state index is 13.9. The number of fused-ring (bicyclic) bond motifs is 2. The lowest BCUT2D eigenvalue weighted by atomic mass is 9.84. The number of alkyl halides is 3. The predicted octanol–water partition coefficient (Wildman–Crippen LogP) is 4.10. The summed E-state index contributed by atoms with van der Waals surface area (Å²) in [4.78, 5) is 25.0. The highest BCUT2D eigenvalue weighted by Gasteiger charge is 2.32. The lowest BCUT2D eigenvalue weighted by Crippen LogP contribution is -2.26. The van der Waals surface area contributed by atoms with Crippen molar-refractivity contribution in [3.8, 4) is 0 Å². The first-order valence-electron chi connectivity index (χ1n) is 9.17. The van der Waals surface area contributed by atoms with Gasteiger partial charge in [-0.25, -0.2) is 17.5 Å². The van der Waals surface area contributed by atoms with Crippen molar-refractivity contribution in [1.82, 2.24) is 4.72 Å². The van der Waals surface area contributed by atoms with Gasteiger partial charge in [-0.05, 0) is 36.4 Å². The molecule has 164 valence electrons. The van der Waals surface area contributed by atoms with Gasteiger partial charge in [-0.1, -0.05) is 24.3 Å². The van der Waals surface area contributed by atoms with E-state index in [1.165, 1.54) is 18.2 Å². The van der Waals surface area contributed by atoms with E-state index in [0.29, 0.717) is 18.2 Å². The molecule has 0 aliphatic heterocycles. The number of nitrogens with one attached hydrogen (secondary N) is 1. The minimum absolute atomic E-state index is 0.0385. The maximum Gasteiger partial charge on any atom is 0.416 e. The summed E-state index contributed by atoms with van der Waals surface area (Å²) < 4.78 is 79.8. The first kappa shape index (κ1) is 21.8. The van der Waals surface area contributed by atoms with Crippen LogP contribution < -0.4 is 4.72 Å². The molecule has 0 fully saturated rings.